The predicted octanol–water partition coefficient (Wildman–Crippen LogP) is 3.85. The van der Waals surface area contributed by atoms with Crippen molar-refractivity contribution >= 4 is 0 Å². The molecular weight excluding hydrogens is 234 g/mol. The van der Waals surface area contributed by atoms with Gasteiger partial charge >= 0.3 is 0 Å². The zero-order chi connectivity index (χ0) is 13.7. The van der Waals surface area contributed by atoms with Gasteiger partial charge < -0.3 is 9.64 Å². The molecule has 1 aromatic rings. The minimum Gasteiger partial charge on any atom is -0.497 e. The number of ether oxygens (including phenoxy) is 1. The molecule has 2 nitrogen and oxygen atoms in total. The van der Waals surface area contributed by atoms with E-state index in [9.17, 15) is 0 Å². The molecule has 0 radical (unpaired) electrons. The first-order chi connectivity index (χ1) is 9.24. The Bertz CT molecular complexity index is 392. The molecule has 0 saturated heterocycles. The standard InChI is InChI=1S/C17H27NO/c1-4-18(5-2)14-17(11-6-7-12-17)15-9-8-10-16(13-15)19-3/h8-10,13H,4-7,11-12,14H2,1-3H3. The number of likely N-dealkylation sites (N-methyl/N-ethyl adjacent to an activating group) is 1. The molecule has 19 heavy (non-hydrogen) atoms. The Hall–Kier alpha value is -1.02. The Labute approximate surface area is 117 Å². The number of benzene rings is 1. The molecule has 0 N–H and O–H groups in total. The van der Waals surface area contributed by atoms with Crippen molar-refractivity contribution in [2.45, 2.75) is 44.9 Å². The number of methoxy groups -OCH3 is 1. The molecule has 1 fully saturated rings. The highest BCUT2D eigenvalue weighted by molar-refractivity contribution is 5.35. The summed E-state index contributed by atoms with van der Waals surface area (Å²) >= 11 is 0. The van der Waals surface area contributed by atoms with Crippen molar-refractivity contribution in [1.29, 1.82) is 0 Å². The summed E-state index contributed by atoms with van der Waals surface area (Å²) in [4.78, 5) is 2.56. The summed E-state index contributed by atoms with van der Waals surface area (Å²) in [6, 6.07) is 8.71. The summed E-state index contributed by atoms with van der Waals surface area (Å²) in [5.41, 5.74) is 1.82. The van der Waals surface area contributed by atoms with Gasteiger partial charge in [-0.1, -0.05) is 38.8 Å². The van der Waals surface area contributed by atoms with Gasteiger partial charge in [0, 0.05) is 12.0 Å². The molecular formula is C17H27NO. The summed E-state index contributed by atoms with van der Waals surface area (Å²) in [7, 11) is 1.75. The minimum atomic E-state index is 0.348. The van der Waals surface area contributed by atoms with Gasteiger partial charge in [0.05, 0.1) is 7.11 Å². The van der Waals surface area contributed by atoms with Crippen LogP contribution in [0.4, 0.5) is 0 Å². The van der Waals surface area contributed by atoms with Gasteiger partial charge in [0.2, 0.25) is 0 Å². The van der Waals surface area contributed by atoms with Crippen molar-refractivity contribution in [2.75, 3.05) is 26.7 Å². The Morgan fingerprint density at radius 1 is 1.16 bits per heavy atom. The minimum absolute atomic E-state index is 0.348. The highest BCUT2D eigenvalue weighted by Crippen LogP contribution is 2.42. The Morgan fingerprint density at radius 2 is 1.84 bits per heavy atom. The second kappa shape index (κ2) is 6.42. The number of hydrogen-bond donors (Lipinski definition) is 0. The zero-order valence-electron chi connectivity index (χ0n) is 12.6. The lowest BCUT2D eigenvalue weighted by atomic mass is 9.78. The van der Waals surface area contributed by atoms with E-state index in [1.54, 1.807) is 7.11 Å². The number of rotatable bonds is 6. The smallest absolute Gasteiger partial charge is 0.119 e. The maximum atomic E-state index is 5.40. The van der Waals surface area contributed by atoms with Crippen LogP contribution in [0.1, 0.15) is 45.1 Å². The predicted molar refractivity (Wildman–Crippen MR) is 80.9 cm³/mol. The molecule has 2 heteroatoms. The molecule has 1 aromatic carbocycles. The molecule has 0 heterocycles. The van der Waals surface area contributed by atoms with E-state index in [0.717, 1.165) is 18.8 Å². The third-order valence-corrected chi connectivity index (χ3v) is 4.66. The maximum Gasteiger partial charge on any atom is 0.119 e. The lowest BCUT2D eigenvalue weighted by molar-refractivity contribution is 0.224. The fourth-order valence-corrected chi connectivity index (χ4v) is 3.42. The van der Waals surface area contributed by atoms with Gasteiger partial charge in [0.15, 0.2) is 0 Å². The van der Waals surface area contributed by atoms with Crippen molar-refractivity contribution in [3.05, 3.63) is 29.8 Å². The van der Waals surface area contributed by atoms with Gasteiger partial charge in [-0.15, -0.1) is 0 Å². The van der Waals surface area contributed by atoms with Crippen LogP contribution < -0.4 is 4.74 Å². The first-order valence-electron chi connectivity index (χ1n) is 7.61. The van der Waals surface area contributed by atoms with E-state index in [-0.39, 0.29) is 0 Å². The number of nitrogens with zero attached hydrogens (tertiary/aromatic N) is 1. The Morgan fingerprint density at radius 3 is 2.42 bits per heavy atom. The summed E-state index contributed by atoms with van der Waals surface area (Å²) < 4.78 is 5.40. The third-order valence-electron chi connectivity index (χ3n) is 4.66. The first kappa shape index (κ1) is 14.4. The van der Waals surface area contributed by atoms with Gasteiger partial charge in [-0.2, -0.15) is 0 Å². The van der Waals surface area contributed by atoms with Crippen molar-refractivity contribution in [2.24, 2.45) is 0 Å². The molecule has 1 saturated carbocycles. The molecule has 2 rings (SSSR count). The van der Waals surface area contributed by atoms with E-state index in [0.29, 0.717) is 5.41 Å². The van der Waals surface area contributed by atoms with E-state index in [4.69, 9.17) is 4.74 Å². The second-order valence-electron chi connectivity index (χ2n) is 5.68. The fourth-order valence-electron chi connectivity index (χ4n) is 3.42. The van der Waals surface area contributed by atoms with Crippen LogP contribution >= 0.6 is 0 Å². The maximum absolute atomic E-state index is 5.40. The van der Waals surface area contributed by atoms with Crippen molar-refractivity contribution in [3.8, 4) is 5.75 Å². The summed E-state index contributed by atoms with van der Waals surface area (Å²) in [6.07, 6.45) is 5.35. The van der Waals surface area contributed by atoms with E-state index >= 15 is 0 Å². The second-order valence-corrected chi connectivity index (χ2v) is 5.68. The lowest BCUT2D eigenvalue weighted by Crippen LogP contribution is -2.39. The largest absolute Gasteiger partial charge is 0.497 e. The summed E-state index contributed by atoms with van der Waals surface area (Å²) in [5, 5.41) is 0. The van der Waals surface area contributed by atoms with Gasteiger partial charge in [-0.3, -0.25) is 0 Å². The Balaban J connectivity index is 2.27. The normalized spacial score (nSPS) is 17.9. The van der Waals surface area contributed by atoms with Gasteiger partial charge in [-0.05, 0) is 43.6 Å². The molecule has 0 aromatic heterocycles. The average Bonchev–Trinajstić information content (AvgIpc) is 2.94. The van der Waals surface area contributed by atoms with Crippen LogP contribution in [0.5, 0.6) is 5.75 Å². The fraction of sp³-hybridized carbons (Fsp3) is 0.647. The number of hydrogen-bond acceptors (Lipinski definition) is 2. The van der Waals surface area contributed by atoms with Crippen LogP contribution in [0.15, 0.2) is 24.3 Å². The van der Waals surface area contributed by atoms with Crippen LogP contribution in [0.2, 0.25) is 0 Å². The van der Waals surface area contributed by atoms with Gasteiger partial charge in [0.25, 0.3) is 0 Å². The van der Waals surface area contributed by atoms with Crippen LogP contribution in [-0.2, 0) is 5.41 Å². The van der Waals surface area contributed by atoms with Crippen molar-refractivity contribution < 1.29 is 4.74 Å². The summed E-state index contributed by atoms with van der Waals surface area (Å²) in [6.45, 7) is 7.99. The average molecular weight is 261 g/mol. The molecule has 0 unspecified atom stereocenters. The molecule has 1 aliphatic carbocycles. The van der Waals surface area contributed by atoms with Gasteiger partial charge in [-0.25, -0.2) is 0 Å². The van der Waals surface area contributed by atoms with Crippen molar-refractivity contribution in [3.63, 3.8) is 0 Å². The molecule has 0 amide bonds. The molecule has 0 bridgehead atoms. The monoisotopic (exact) mass is 261 g/mol. The summed E-state index contributed by atoms with van der Waals surface area (Å²) in [5.74, 6) is 0.989. The van der Waals surface area contributed by atoms with Crippen LogP contribution in [0.25, 0.3) is 0 Å². The molecule has 106 valence electrons. The zero-order valence-corrected chi connectivity index (χ0v) is 12.6. The SMILES string of the molecule is CCN(CC)CC1(c2cccc(OC)c2)CCCC1. The quantitative estimate of drug-likeness (QED) is 0.771. The van der Waals surface area contributed by atoms with Crippen molar-refractivity contribution in [1.82, 2.24) is 4.90 Å². The lowest BCUT2D eigenvalue weighted by Gasteiger charge is -2.35. The topological polar surface area (TPSA) is 12.5 Å². The molecule has 0 aliphatic heterocycles. The highest BCUT2D eigenvalue weighted by atomic mass is 16.5. The van der Waals surface area contributed by atoms with Crippen LogP contribution in [-0.4, -0.2) is 31.6 Å². The Kier molecular flexibility index (Phi) is 4.87. The highest BCUT2D eigenvalue weighted by Gasteiger charge is 2.36. The van der Waals surface area contributed by atoms with Crippen LogP contribution in [0.3, 0.4) is 0 Å². The van der Waals surface area contributed by atoms with E-state index < -0.39 is 0 Å². The molecule has 1 aliphatic rings. The molecule has 0 atom stereocenters. The van der Waals surface area contributed by atoms with E-state index in [2.05, 4.69) is 36.9 Å². The van der Waals surface area contributed by atoms with E-state index in [1.165, 1.54) is 37.8 Å². The molecule has 0 spiro atoms. The third kappa shape index (κ3) is 3.11. The van der Waals surface area contributed by atoms with Gasteiger partial charge in [0.1, 0.15) is 5.75 Å². The first-order valence-corrected chi connectivity index (χ1v) is 7.61. The van der Waals surface area contributed by atoms with Crippen LogP contribution in [0, 0.1) is 0 Å². The van der Waals surface area contributed by atoms with E-state index in [1.807, 2.05) is 6.07 Å².